The average Bonchev–Trinajstić information content (AvgIpc) is 3.14. The molecule has 0 atom stereocenters. The fraction of sp³-hybridized carbons (Fsp3) is 0.143. The molecule has 152 valence electrons. The van der Waals surface area contributed by atoms with Crippen LogP contribution in [0.5, 0.6) is 0 Å². The second-order valence-electron chi connectivity index (χ2n) is 6.99. The number of nitrogens with zero attached hydrogens (tertiary/aromatic N) is 4. The van der Waals surface area contributed by atoms with Gasteiger partial charge in [0, 0.05) is 23.5 Å². The van der Waals surface area contributed by atoms with E-state index in [1.807, 2.05) is 6.07 Å². The van der Waals surface area contributed by atoms with Crippen LogP contribution in [0.1, 0.15) is 35.8 Å². The lowest BCUT2D eigenvalue weighted by atomic mass is 10.1. The fourth-order valence-electron chi connectivity index (χ4n) is 2.91. The van der Waals surface area contributed by atoms with Crippen LogP contribution in [0, 0.1) is 11.6 Å². The maximum Gasteiger partial charge on any atom is 0.277 e. The van der Waals surface area contributed by atoms with E-state index in [1.54, 1.807) is 12.4 Å². The molecule has 1 aromatic carbocycles. The van der Waals surface area contributed by atoms with Gasteiger partial charge in [-0.3, -0.25) is 4.79 Å². The van der Waals surface area contributed by atoms with Crippen molar-refractivity contribution in [1.82, 2.24) is 19.7 Å². The van der Waals surface area contributed by atoms with Crippen LogP contribution in [0.2, 0.25) is 5.15 Å². The van der Waals surface area contributed by atoms with Gasteiger partial charge in [0.15, 0.2) is 17.2 Å². The summed E-state index contributed by atoms with van der Waals surface area (Å²) < 4.78 is 29.7. The number of benzene rings is 1. The van der Waals surface area contributed by atoms with Crippen molar-refractivity contribution in [2.75, 3.05) is 5.32 Å². The zero-order chi connectivity index (χ0) is 21.4. The van der Waals surface area contributed by atoms with Crippen LogP contribution in [-0.2, 0) is 0 Å². The highest BCUT2D eigenvalue weighted by Gasteiger charge is 2.16. The number of pyridine rings is 2. The van der Waals surface area contributed by atoms with Crippen LogP contribution in [0.4, 0.5) is 14.5 Å². The molecular formula is C21H16ClF2N5O. The number of nitrogens with one attached hydrogen (secondary N) is 1. The number of aromatic nitrogens is 4. The Morgan fingerprint density at radius 1 is 1.13 bits per heavy atom. The topological polar surface area (TPSA) is 72.7 Å². The first-order chi connectivity index (χ1) is 14.3. The number of anilines is 1. The maximum atomic E-state index is 14.5. The van der Waals surface area contributed by atoms with Crippen molar-refractivity contribution in [3.05, 3.63) is 76.8 Å². The number of fused-ring (bicyclic) bond motifs is 1. The summed E-state index contributed by atoms with van der Waals surface area (Å²) in [6, 6.07) is 8.18. The van der Waals surface area contributed by atoms with Crippen molar-refractivity contribution >= 4 is 34.2 Å². The summed E-state index contributed by atoms with van der Waals surface area (Å²) in [6.07, 6.45) is 3.40. The van der Waals surface area contributed by atoms with Crippen molar-refractivity contribution in [1.29, 1.82) is 0 Å². The summed E-state index contributed by atoms with van der Waals surface area (Å²) in [6.45, 7) is 4.10. The van der Waals surface area contributed by atoms with Crippen LogP contribution >= 0.6 is 11.6 Å². The van der Waals surface area contributed by atoms with Crippen LogP contribution < -0.4 is 5.32 Å². The summed E-state index contributed by atoms with van der Waals surface area (Å²) >= 11 is 5.73. The standard InChI is InChI=1S/C21H16ClF2N5O/c1-11(2)12-7-13-10-29(28-20(13)25-9-12)17-8-14(3-4-15(17)23)26-21(30)19-16(24)5-6-18(22)27-19/h3-11H,1-2H3,(H,26,30). The molecule has 0 spiro atoms. The Hall–Kier alpha value is -3.39. The van der Waals surface area contributed by atoms with Gasteiger partial charge in [0.05, 0.1) is 0 Å². The summed E-state index contributed by atoms with van der Waals surface area (Å²) in [5, 5.41) is 7.56. The smallest absolute Gasteiger partial charge is 0.277 e. The molecule has 0 saturated carbocycles. The first-order valence-electron chi connectivity index (χ1n) is 9.10. The van der Waals surface area contributed by atoms with Gasteiger partial charge >= 0.3 is 0 Å². The second kappa shape index (κ2) is 7.79. The van der Waals surface area contributed by atoms with Crippen LogP contribution in [0.15, 0.2) is 48.8 Å². The molecule has 0 radical (unpaired) electrons. The molecule has 0 aliphatic heterocycles. The molecule has 1 amide bonds. The molecule has 0 aliphatic carbocycles. The summed E-state index contributed by atoms with van der Waals surface area (Å²) in [5.74, 6) is -1.87. The fourth-order valence-corrected chi connectivity index (χ4v) is 3.05. The van der Waals surface area contributed by atoms with Gasteiger partial charge in [0.25, 0.3) is 5.91 Å². The molecule has 0 aliphatic rings. The van der Waals surface area contributed by atoms with E-state index < -0.39 is 23.2 Å². The second-order valence-corrected chi connectivity index (χ2v) is 7.38. The van der Waals surface area contributed by atoms with E-state index in [0.29, 0.717) is 11.6 Å². The Morgan fingerprint density at radius 3 is 2.67 bits per heavy atom. The Kier molecular flexibility index (Phi) is 5.17. The van der Waals surface area contributed by atoms with Gasteiger partial charge in [0.2, 0.25) is 0 Å². The summed E-state index contributed by atoms with van der Waals surface area (Å²) in [7, 11) is 0. The van der Waals surface area contributed by atoms with Crippen molar-refractivity contribution < 1.29 is 13.6 Å². The minimum atomic E-state index is -0.815. The normalized spacial score (nSPS) is 11.3. The highest BCUT2D eigenvalue weighted by atomic mass is 35.5. The molecule has 4 aromatic rings. The molecule has 3 aromatic heterocycles. The van der Waals surface area contributed by atoms with Gasteiger partial charge < -0.3 is 5.32 Å². The van der Waals surface area contributed by atoms with Gasteiger partial charge in [0.1, 0.15) is 16.7 Å². The van der Waals surface area contributed by atoms with Gasteiger partial charge in [-0.05, 0) is 47.9 Å². The van der Waals surface area contributed by atoms with Crippen LogP contribution in [0.25, 0.3) is 16.7 Å². The Bertz CT molecular complexity index is 1270. The minimum absolute atomic E-state index is 0.0159. The van der Waals surface area contributed by atoms with Gasteiger partial charge in [-0.25, -0.2) is 23.4 Å². The largest absolute Gasteiger partial charge is 0.320 e. The lowest BCUT2D eigenvalue weighted by Crippen LogP contribution is -2.16. The van der Waals surface area contributed by atoms with Gasteiger partial charge in [-0.15, -0.1) is 5.10 Å². The molecular weight excluding hydrogens is 412 g/mol. The number of hydrogen-bond donors (Lipinski definition) is 1. The van der Waals surface area contributed by atoms with Crippen molar-refractivity contribution in [2.24, 2.45) is 0 Å². The zero-order valence-electron chi connectivity index (χ0n) is 16.0. The van der Waals surface area contributed by atoms with E-state index in [0.717, 1.165) is 17.0 Å². The number of hydrogen-bond acceptors (Lipinski definition) is 4. The monoisotopic (exact) mass is 427 g/mol. The van der Waals surface area contributed by atoms with E-state index in [2.05, 4.69) is 34.2 Å². The minimum Gasteiger partial charge on any atom is -0.320 e. The lowest BCUT2D eigenvalue weighted by molar-refractivity contribution is 0.101. The Morgan fingerprint density at radius 2 is 1.90 bits per heavy atom. The molecule has 0 bridgehead atoms. The number of carbonyl (C=O) groups is 1. The van der Waals surface area contributed by atoms with E-state index in [4.69, 9.17) is 11.6 Å². The molecule has 3 heterocycles. The maximum absolute atomic E-state index is 14.5. The van der Waals surface area contributed by atoms with Crippen molar-refractivity contribution in [3.63, 3.8) is 0 Å². The number of carbonyl (C=O) groups excluding carboxylic acids is 1. The SMILES string of the molecule is CC(C)c1cnc2nn(-c3cc(NC(=O)c4nc(Cl)ccc4F)ccc3F)cc2c1. The molecule has 9 heteroatoms. The van der Waals surface area contributed by atoms with Crippen LogP contribution in [-0.4, -0.2) is 25.7 Å². The van der Waals surface area contributed by atoms with E-state index in [-0.39, 0.29) is 16.5 Å². The quantitative estimate of drug-likeness (QED) is 0.459. The third kappa shape index (κ3) is 3.86. The zero-order valence-corrected chi connectivity index (χ0v) is 16.8. The van der Waals surface area contributed by atoms with Gasteiger partial charge in [-0.2, -0.15) is 0 Å². The van der Waals surface area contributed by atoms with E-state index in [1.165, 1.54) is 28.9 Å². The molecule has 6 nitrogen and oxygen atoms in total. The highest BCUT2D eigenvalue weighted by Crippen LogP contribution is 2.23. The van der Waals surface area contributed by atoms with E-state index in [9.17, 15) is 13.6 Å². The van der Waals surface area contributed by atoms with Crippen molar-refractivity contribution in [3.8, 4) is 5.69 Å². The highest BCUT2D eigenvalue weighted by molar-refractivity contribution is 6.29. The lowest BCUT2D eigenvalue weighted by Gasteiger charge is -2.09. The molecule has 0 fully saturated rings. The number of halogens is 3. The Labute approximate surface area is 175 Å². The summed E-state index contributed by atoms with van der Waals surface area (Å²) in [4.78, 5) is 20.4. The van der Waals surface area contributed by atoms with Gasteiger partial charge in [-0.1, -0.05) is 25.4 Å². The van der Waals surface area contributed by atoms with E-state index >= 15 is 0 Å². The molecule has 30 heavy (non-hydrogen) atoms. The number of rotatable bonds is 4. The first kappa shape index (κ1) is 19.9. The third-order valence-corrected chi connectivity index (χ3v) is 4.74. The third-order valence-electron chi connectivity index (χ3n) is 4.52. The van der Waals surface area contributed by atoms with Crippen LogP contribution in [0.3, 0.4) is 0 Å². The summed E-state index contributed by atoms with van der Waals surface area (Å²) in [5.41, 5.74) is 1.41. The molecule has 4 rings (SSSR count). The predicted octanol–water partition coefficient (Wildman–Crippen LogP) is 5.12. The first-order valence-corrected chi connectivity index (χ1v) is 9.48. The molecule has 0 unspecified atom stereocenters. The average molecular weight is 428 g/mol. The van der Waals surface area contributed by atoms with Crippen molar-refractivity contribution in [2.45, 2.75) is 19.8 Å². The molecule has 1 N–H and O–H groups in total. The Balaban J connectivity index is 1.67. The predicted molar refractivity (Wildman–Crippen MR) is 110 cm³/mol. The number of amides is 1. The molecule has 0 saturated heterocycles.